The SMILES string of the molecule is NCCN1CCCNCC1=O. The van der Waals surface area contributed by atoms with E-state index in [0.717, 1.165) is 19.5 Å². The van der Waals surface area contributed by atoms with Crippen molar-refractivity contribution in [3.63, 3.8) is 0 Å². The van der Waals surface area contributed by atoms with Crippen molar-refractivity contribution in [1.29, 1.82) is 0 Å². The molecule has 0 radical (unpaired) electrons. The first-order valence-electron chi connectivity index (χ1n) is 4.03. The standard InChI is InChI=1S/C7H15N3O/c8-2-5-10-4-1-3-9-6-7(10)11/h9H,1-6,8H2. The quantitative estimate of drug-likeness (QED) is 0.527. The molecule has 64 valence electrons. The molecule has 0 aromatic heterocycles. The summed E-state index contributed by atoms with van der Waals surface area (Å²) in [5.74, 6) is 0.174. The van der Waals surface area contributed by atoms with Crippen LogP contribution in [0.15, 0.2) is 0 Å². The van der Waals surface area contributed by atoms with E-state index in [2.05, 4.69) is 5.32 Å². The van der Waals surface area contributed by atoms with Crippen molar-refractivity contribution in [2.75, 3.05) is 32.7 Å². The summed E-state index contributed by atoms with van der Waals surface area (Å²) in [5.41, 5.74) is 5.36. The van der Waals surface area contributed by atoms with E-state index in [1.165, 1.54) is 0 Å². The van der Waals surface area contributed by atoms with Crippen LogP contribution in [-0.2, 0) is 4.79 Å². The van der Waals surface area contributed by atoms with Gasteiger partial charge in [0.2, 0.25) is 5.91 Å². The van der Waals surface area contributed by atoms with Crippen molar-refractivity contribution < 1.29 is 4.79 Å². The number of rotatable bonds is 2. The predicted octanol–water partition coefficient (Wildman–Crippen LogP) is -1.23. The Balaban J connectivity index is 2.39. The number of carbonyl (C=O) groups excluding carboxylic acids is 1. The summed E-state index contributed by atoms with van der Waals surface area (Å²) in [6.07, 6.45) is 1.03. The van der Waals surface area contributed by atoms with Crippen LogP contribution < -0.4 is 11.1 Å². The number of hydrogen-bond donors (Lipinski definition) is 2. The Morgan fingerprint density at radius 1 is 1.64 bits per heavy atom. The van der Waals surface area contributed by atoms with Gasteiger partial charge < -0.3 is 16.0 Å². The zero-order valence-electron chi connectivity index (χ0n) is 6.68. The van der Waals surface area contributed by atoms with E-state index < -0.39 is 0 Å². The number of nitrogens with one attached hydrogen (secondary N) is 1. The summed E-state index contributed by atoms with van der Waals surface area (Å²) < 4.78 is 0. The molecule has 3 N–H and O–H groups in total. The average molecular weight is 157 g/mol. The molecule has 1 rings (SSSR count). The van der Waals surface area contributed by atoms with E-state index in [-0.39, 0.29) is 5.91 Å². The van der Waals surface area contributed by atoms with E-state index in [4.69, 9.17) is 5.73 Å². The molecule has 0 spiro atoms. The fourth-order valence-corrected chi connectivity index (χ4v) is 1.22. The second-order valence-electron chi connectivity index (χ2n) is 2.70. The van der Waals surface area contributed by atoms with Gasteiger partial charge in [-0.3, -0.25) is 4.79 Å². The lowest BCUT2D eigenvalue weighted by atomic mass is 10.4. The molecule has 1 aliphatic heterocycles. The second kappa shape index (κ2) is 4.31. The highest BCUT2D eigenvalue weighted by Crippen LogP contribution is 1.94. The van der Waals surface area contributed by atoms with Gasteiger partial charge in [-0.25, -0.2) is 0 Å². The second-order valence-corrected chi connectivity index (χ2v) is 2.70. The van der Waals surface area contributed by atoms with E-state index in [9.17, 15) is 4.79 Å². The van der Waals surface area contributed by atoms with Crippen molar-refractivity contribution in [1.82, 2.24) is 10.2 Å². The van der Waals surface area contributed by atoms with E-state index >= 15 is 0 Å². The fourth-order valence-electron chi connectivity index (χ4n) is 1.22. The molecule has 0 bridgehead atoms. The van der Waals surface area contributed by atoms with Crippen LogP contribution in [0, 0.1) is 0 Å². The molecule has 1 amide bonds. The van der Waals surface area contributed by atoms with Crippen LogP contribution in [0.5, 0.6) is 0 Å². The van der Waals surface area contributed by atoms with Crippen LogP contribution in [-0.4, -0.2) is 43.5 Å². The zero-order valence-corrected chi connectivity index (χ0v) is 6.68. The number of carbonyl (C=O) groups is 1. The number of nitrogens with two attached hydrogens (primary N) is 1. The Morgan fingerprint density at radius 3 is 3.18 bits per heavy atom. The third-order valence-corrected chi connectivity index (χ3v) is 1.81. The fraction of sp³-hybridized carbons (Fsp3) is 0.857. The Labute approximate surface area is 66.7 Å². The maximum atomic E-state index is 11.2. The smallest absolute Gasteiger partial charge is 0.236 e. The maximum absolute atomic E-state index is 11.2. The van der Waals surface area contributed by atoms with Gasteiger partial charge in [-0.05, 0) is 13.0 Å². The lowest BCUT2D eigenvalue weighted by molar-refractivity contribution is -0.129. The van der Waals surface area contributed by atoms with Gasteiger partial charge >= 0.3 is 0 Å². The molecule has 4 nitrogen and oxygen atoms in total. The van der Waals surface area contributed by atoms with Crippen molar-refractivity contribution in [3.8, 4) is 0 Å². The maximum Gasteiger partial charge on any atom is 0.236 e. The number of hydrogen-bond acceptors (Lipinski definition) is 3. The minimum atomic E-state index is 0.174. The molecule has 11 heavy (non-hydrogen) atoms. The van der Waals surface area contributed by atoms with Crippen molar-refractivity contribution >= 4 is 5.91 Å². The highest BCUT2D eigenvalue weighted by Gasteiger charge is 2.14. The largest absolute Gasteiger partial charge is 0.340 e. The Bertz CT molecular complexity index is 138. The first-order chi connectivity index (χ1) is 5.34. The summed E-state index contributed by atoms with van der Waals surface area (Å²) in [6, 6.07) is 0. The van der Waals surface area contributed by atoms with Crippen LogP contribution in [0.4, 0.5) is 0 Å². The summed E-state index contributed by atoms with van der Waals surface area (Å²) in [5, 5.41) is 3.05. The Morgan fingerprint density at radius 2 is 2.45 bits per heavy atom. The van der Waals surface area contributed by atoms with Crippen molar-refractivity contribution in [2.24, 2.45) is 5.73 Å². The first-order valence-corrected chi connectivity index (χ1v) is 4.03. The lowest BCUT2D eigenvalue weighted by Gasteiger charge is -2.18. The van der Waals surface area contributed by atoms with Gasteiger partial charge in [-0.2, -0.15) is 0 Å². The molecule has 0 aromatic rings. The van der Waals surface area contributed by atoms with E-state index in [1.54, 1.807) is 0 Å². The summed E-state index contributed by atoms with van der Waals surface area (Å²) >= 11 is 0. The molecule has 4 heteroatoms. The Kier molecular flexibility index (Phi) is 3.32. The zero-order chi connectivity index (χ0) is 8.10. The number of amides is 1. The van der Waals surface area contributed by atoms with E-state index in [0.29, 0.717) is 19.6 Å². The van der Waals surface area contributed by atoms with Gasteiger partial charge in [0.05, 0.1) is 6.54 Å². The molecule has 0 aromatic carbocycles. The molecular formula is C7H15N3O. The third kappa shape index (κ3) is 2.48. The van der Waals surface area contributed by atoms with Gasteiger partial charge in [0, 0.05) is 19.6 Å². The van der Waals surface area contributed by atoms with Crippen LogP contribution in [0.2, 0.25) is 0 Å². The van der Waals surface area contributed by atoms with Crippen LogP contribution in [0.3, 0.4) is 0 Å². The summed E-state index contributed by atoms with van der Waals surface area (Å²) in [4.78, 5) is 13.0. The Hall–Kier alpha value is -0.610. The highest BCUT2D eigenvalue weighted by atomic mass is 16.2. The minimum Gasteiger partial charge on any atom is -0.340 e. The van der Waals surface area contributed by atoms with Crippen LogP contribution >= 0.6 is 0 Å². The van der Waals surface area contributed by atoms with Gasteiger partial charge in [-0.1, -0.05) is 0 Å². The highest BCUT2D eigenvalue weighted by molar-refractivity contribution is 5.78. The molecular weight excluding hydrogens is 142 g/mol. The van der Waals surface area contributed by atoms with Crippen LogP contribution in [0.1, 0.15) is 6.42 Å². The van der Waals surface area contributed by atoms with E-state index in [1.807, 2.05) is 4.90 Å². The predicted molar refractivity (Wildman–Crippen MR) is 43.1 cm³/mol. The van der Waals surface area contributed by atoms with Crippen LogP contribution in [0.25, 0.3) is 0 Å². The molecule has 0 atom stereocenters. The molecule has 1 aliphatic rings. The minimum absolute atomic E-state index is 0.174. The molecule has 0 unspecified atom stereocenters. The number of nitrogens with zero attached hydrogens (tertiary/aromatic N) is 1. The van der Waals surface area contributed by atoms with Gasteiger partial charge in [0.25, 0.3) is 0 Å². The summed E-state index contributed by atoms with van der Waals surface area (Å²) in [6.45, 7) is 3.52. The molecule has 1 heterocycles. The van der Waals surface area contributed by atoms with Crippen molar-refractivity contribution in [3.05, 3.63) is 0 Å². The monoisotopic (exact) mass is 157 g/mol. The topological polar surface area (TPSA) is 58.4 Å². The van der Waals surface area contributed by atoms with Gasteiger partial charge in [-0.15, -0.1) is 0 Å². The average Bonchev–Trinajstić information content (AvgIpc) is 2.18. The first kappa shape index (κ1) is 8.49. The third-order valence-electron chi connectivity index (χ3n) is 1.81. The van der Waals surface area contributed by atoms with Gasteiger partial charge in [0.15, 0.2) is 0 Å². The molecule has 0 aliphatic carbocycles. The molecule has 1 fully saturated rings. The van der Waals surface area contributed by atoms with Crippen molar-refractivity contribution in [2.45, 2.75) is 6.42 Å². The summed E-state index contributed by atoms with van der Waals surface area (Å²) in [7, 11) is 0. The normalized spacial score (nSPS) is 20.1. The lowest BCUT2D eigenvalue weighted by Crippen LogP contribution is -2.38. The molecule has 0 saturated carbocycles. The molecule has 1 saturated heterocycles. The van der Waals surface area contributed by atoms with Gasteiger partial charge in [0.1, 0.15) is 0 Å².